The standard InChI is InChI=1S/C22H27N3O5/c1-16-13-18(30-15-21(27)29-3)9-10-19(16)24-20(26)11-12-23-22(28)25(2)14-17-7-5-4-6-8-17/h4-10,13H,11-12,14-15H2,1-3H3,(H,23,28)(H,24,26). The van der Waals surface area contributed by atoms with Gasteiger partial charge >= 0.3 is 12.0 Å². The van der Waals surface area contributed by atoms with Crippen molar-refractivity contribution in [1.82, 2.24) is 10.2 Å². The van der Waals surface area contributed by atoms with Gasteiger partial charge in [-0.3, -0.25) is 4.79 Å². The first kappa shape index (κ1) is 22.7. The molecule has 0 radical (unpaired) electrons. The van der Waals surface area contributed by atoms with E-state index in [0.717, 1.165) is 11.1 Å². The van der Waals surface area contributed by atoms with Gasteiger partial charge in [0, 0.05) is 32.2 Å². The van der Waals surface area contributed by atoms with Crippen LogP contribution in [0.5, 0.6) is 5.75 Å². The van der Waals surface area contributed by atoms with Crippen LogP contribution >= 0.6 is 0 Å². The Balaban J connectivity index is 1.74. The average Bonchev–Trinajstić information content (AvgIpc) is 2.74. The average molecular weight is 413 g/mol. The third-order valence-electron chi connectivity index (χ3n) is 4.29. The van der Waals surface area contributed by atoms with Crippen molar-refractivity contribution in [3.8, 4) is 5.75 Å². The predicted octanol–water partition coefficient (Wildman–Crippen LogP) is 2.72. The summed E-state index contributed by atoms with van der Waals surface area (Å²) >= 11 is 0. The van der Waals surface area contributed by atoms with Crippen molar-refractivity contribution < 1.29 is 23.9 Å². The van der Waals surface area contributed by atoms with E-state index >= 15 is 0 Å². The van der Waals surface area contributed by atoms with E-state index in [4.69, 9.17) is 4.74 Å². The second kappa shape index (κ2) is 11.5. The molecule has 2 aromatic rings. The van der Waals surface area contributed by atoms with E-state index < -0.39 is 5.97 Å². The number of esters is 1. The molecule has 2 rings (SSSR count). The van der Waals surface area contributed by atoms with Crippen LogP contribution in [0.15, 0.2) is 48.5 Å². The quantitative estimate of drug-likeness (QED) is 0.616. The fourth-order valence-electron chi connectivity index (χ4n) is 2.63. The Morgan fingerprint density at radius 1 is 1.07 bits per heavy atom. The van der Waals surface area contributed by atoms with Gasteiger partial charge in [0.25, 0.3) is 0 Å². The van der Waals surface area contributed by atoms with E-state index in [-0.39, 0.29) is 31.5 Å². The van der Waals surface area contributed by atoms with Gasteiger partial charge in [0.15, 0.2) is 6.61 Å². The molecule has 2 N–H and O–H groups in total. The molecule has 3 amide bonds. The van der Waals surface area contributed by atoms with Gasteiger partial charge in [-0.15, -0.1) is 0 Å². The minimum Gasteiger partial charge on any atom is -0.482 e. The highest BCUT2D eigenvalue weighted by Gasteiger charge is 2.11. The van der Waals surface area contributed by atoms with Crippen LogP contribution in [0.25, 0.3) is 0 Å². The van der Waals surface area contributed by atoms with E-state index in [1.54, 1.807) is 30.1 Å². The van der Waals surface area contributed by atoms with Crippen LogP contribution in [0.1, 0.15) is 17.5 Å². The highest BCUT2D eigenvalue weighted by atomic mass is 16.6. The molecule has 2 aromatic carbocycles. The molecular formula is C22H27N3O5. The monoisotopic (exact) mass is 413 g/mol. The Morgan fingerprint density at radius 3 is 2.47 bits per heavy atom. The van der Waals surface area contributed by atoms with Gasteiger partial charge in [0.05, 0.1) is 7.11 Å². The number of ether oxygens (including phenoxy) is 2. The molecule has 0 unspecified atom stereocenters. The van der Waals surface area contributed by atoms with Gasteiger partial charge in [-0.05, 0) is 36.2 Å². The first-order valence-corrected chi connectivity index (χ1v) is 9.52. The molecule has 160 valence electrons. The summed E-state index contributed by atoms with van der Waals surface area (Å²) in [5, 5.41) is 5.54. The van der Waals surface area contributed by atoms with Gasteiger partial charge in [0.1, 0.15) is 5.75 Å². The highest BCUT2D eigenvalue weighted by Crippen LogP contribution is 2.21. The maximum absolute atomic E-state index is 12.2. The normalized spacial score (nSPS) is 10.1. The Kier molecular flexibility index (Phi) is 8.68. The predicted molar refractivity (Wildman–Crippen MR) is 113 cm³/mol. The van der Waals surface area contributed by atoms with Crippen LogP contribution in [0, 0.1) is 6.92 Å². The number of nitrogens with one attached hydrogen (secondary N) is 2. The van der Waals surface area contributed by atoms with Crippen molar-refractivity contribution in [3.63, 3.8) is 0 Å². The van der Waals surface area contributed by atoms with E-state index in [1.807, 2.05) is 37.3 Å². The van der Waals surface area contributed by atoms with Crippen LogP contribution in [-0.4, -0.2) is 50.1 Å². The Hall–Kier alpha value is -3.55. The summed E-state index contributed by atoms with van der Waals surface area (Å²) in [6.45, 7) is 2.35. The first-order chi connectivity index (χ1) is 14.4. The Bertz CT molecular complexity index is 870. The number of hydrogen-bond donors (Lipinski definition) is 2. The van der Waals surface area contributed by atoms with Crippen molar-refractivity contribution in [2.24, 2.45) is 0 Å². The van der Waals surface area contributed by atoms with Crippen molar-refractivity contribution in [2.75, 3.05) is 32.6 Å². The summed E-state index contributed by atoms with van der Waals surface area (Å²) in [5.74, 6) is -0.182. The molecular weight excluding hydrogens is 386 g/mol. The van der Waals surface area contributed by atoms with E-state index in [9.17, 15) is 14.4 Å². The zero-order valence-electron chi connectivity index (χ0n) is 17.4. The lowest BCUT2D eigenvalue weighted by atomic mass is 10.2. The van der Waals surface area contributed by atoms with Crippen molar-refractivity contribution in [1.29, 1.82) is 0 Å². The zero-order valence-corrected chi connectivity index (χ0v) is 17.4. The van der Waals surface area contributed by atoms with Gasteiger partial charge < -0.3 is 25.0 Å². The molecule has 0 fully saturated rings. The first-order valence-electron chi connectivity index (χ1n) is 9.52. The summed E-state index contributed by atoms with van der Waals surface area (Å²) in [4.78, 5) is 37.0. The molecule has 0 aliphatic carbocycles. The number of rotatable bonds is 9. The number of methoxy groups -OCH3 is 1. The molecule has 30 heavy (non-hydrogen) atoms. The summed E-state index contributed by atoms with van der Waals surface area (Å²) in [7, 11) is 2.99. The lowest BCUT2D eigenvalue weighted by Crippen LogP contribution is -2.38. The van der Waals surface area contributed by atoms with Gasteiger partial charge in [-0.25, -0.2) is 9.59 Å². The third kappa shape index (κ3) is 7.46. The molecule has 0 aromatic heterocycles. The topological polar surface area (TPSA) is 97.0 Å². The number of carbonyl (C=O) groups excluding carboxylic acids is 3. The third-order valence-corrected chi connectivity index (χ3v) is 4.29. The van der Waals surface area contributed by atoms with Crippen molar-refractivity contribution >= 4 is 23.6 Å². The number of amides is 3. The molecule has 0 aliphatic heterocycles. The number of nitrogens with zero attached hydrogens (tertiary/aromatic N) is 1. The molecule has 0 bridgehead atoms. The molecule has 8 heteroatoms. The Labute approximate surface area is 176 Å². The number of carbonyl (C=O) groups is 3. The second-order valence-corrected chi connectivity index (χ2v) is 6.71. The maximum atomic E-state index is 12.2. The van der Waals surface area contributed by atoms with Gasteiger partial charge in [-0.1, -0.05) is 30.3 Å². The smallest absolute Gasteiger partial charge is 0.343 e. The summed E-state index contributed by atoms with van der Waals surface area (Å²) in [6.07, 6.45) is 0.144. The van der Waals surface area contributed by atoms with Gasteiger partial charge in [0.2, 0.25) is 5.91 Å². The largest absolute Gasteiger partial charge is 0.482 e. The molecule has 0 heterocycles. The number of urea groups is 1. The van der Waals surface area contributed by atoms with Crippen molar-refractivity contribution in [2.45, 2.75) is 19.9 Å². The maximum Gasteiger partial charge on any atom is 0.343 e. The van der Waals surface area contributed by atoms with Crippen molar-refractivity contribution in [3.05, 3.63) is 59.7 Å². The zero-order chi connectivity index (χ0) is 21.9. The fourth-order valence-corrected chi connectivity index (χ4v) is 2.63. The molecule has 0 atom stereocenters. The molecule has 0 saturated carbocycles. The Morgan fingerprint density at radius 2 is 1.80 bits per heavy atom. The lowest BCUT2D eigenvalue weighted by Gasteiger charge is -2.18. The lowest BCUT2D eigenvalue weighted by molar-refractivity contribution is -0.142. The summed E-state index contributed by atoms with van der Waals surface area (Å²) in [5.41, 5.74) is 2.46. The van der Waals surface area contributed by atoms with E-state index in [1.165, 1.54) is 7.11 Å². The molecule has 8 nitrogen and oxygen atoms in total. The molecule has 0 aliphatic rings. The fraction of sp³-hybridized carbons (Fsp3) is 0.318. The summed E-state index contributed by atoms with van der Waals surface area (Å²) in [6, 6.07) is 14.5. The second-order valence-electron chi connectivity index (χ2n) is 6.71. The number of anilines is 1. The SMILES string of the molecule is COC(=O)COc1ccc(NC(=O)CCNC(=O)N(C)Cc2ccccc2)c(C)c1. The van der Waals surface area contributed by atoms with Crippen LogP contribution in [-0.2, 0) is 20.9 Å². The van der Waals surface area contributed by atoms with Crippen LogP contribution in [0.4, 0.5) is 10.5 Å². The van der Waals surface area contributed by atoms with Gasteiger partial charge in [-0.2, -0.15) is 0 Å². The number of hydrogen-bond acceptors (Lipinski definition) is 5. The minimum absolute atomic E-state index is 0.144. The van der Waals surface area contributed by atoms with E-state index in [2.05, 4.69) is 15.4 Å². The van der Waals surface area contributed by atoms with Crippen LogP contribution in [0.2, 0.25) is 0 Å². The van der Waals surface area contributed by atoms with Crippen LogP contribution < -0.4 is 15.4 Å². The molecule has 0 spiro atoms. The highest BCUT2D eigenvalue weighted by molar-refractivity contribution is 5.92. The van der Waals surface area contributed by atoms with Crippen LogP contribution in [0.3, 0.4) is 0 Å². The molecule has 0 saturated heterocycles. The number of aryl methyl sites for hydroxylation is 1. The number of benzene rings is 2. The van der Waals surface area contributed by atoms with E-state index in [0.29, 0.717) is 18.0 Å². The summed E-state index contributed by atoms with van der Waals surface area (Å²) < 4.78 is 9.84. The minimum atomic E-state index is -0.471.